The number of pyridine rings is 1. The quantitative estimate of drug-likeness (QED) is 0.353. The maximum Gasteiger partial charge on any atom is 0.242 e. The van der Waals surface area contributed by atoms with Crippen LogP contribution in [0.2, 0.25) is 0 Å². The zero-order valence-electron chi connectivity index (χ0n) is 10.7. The number of halogens is 2. The molecule has 0 aliphatic heterocycles. The molecule has 0 saturated heterocycles. The minimum atomic E-state index is -0.185. The number of fused-ring (bicyclic) bond motifs is 4. The van der Waals surface area contributed by atoms with Crippen LogP contribution in [0.1, 0.15) is 0 Å². The second-order valence-corrected chi connectivity index (χ2v) is 5.98. The number of nitrogens with one attached hydrogen (secondary N) is 1. The summed E-state index contributed by atoms with van der Waals surface area (Å²) < 4.78 is 17.4. The van der Waals surface area contributed by atoms with Crippen molar-refractivity contribution >= 4 is 55.4 Å². The molecule has 98 valence electrons. The first-order chi connectivity index (χ1) is 9.68. The van der Waals surface area contributed by atoms with Crippen LogP contribution in [0.3, 0.4) is 0 Å². The highest BCUT2D eigenvalue weighted by molar-refractivity contribution is 14.1. The van der Waals surface area contributed by atoms with E-state index >= 15 is 0 Å². The minimum Gasteiger partial charge on any atom is -0.348 e. The van der Waals surface area contributed by atoms with Crippen LogP contribution in [0.25, 0.3) is 32.8 Å². The summed E-state index contributed by atoms with van der Waals surface area (Å²) in [5.74, 6) is -0.185. The van der Waals surface area contributed by atoms with Gasteiger partial charge in [-0.2, -0.15) is 4.57 Å². The normalized spacial score (nSPS) is 11.8. The van der Waals surface area contributed by atoms with Crippen molar-refractivity contribution < 1.29 is 8.96 Å². The Kier molecular flexibility index (Phi) is 2.51. The summed E-state index contributed by atoms with van der Waals surface area (Å²) in [5, 5.41) is 1.84. The van der Waals surface area contributed by atoms with Crippen molar-refractivity contribution in [3.05, 3.63) is 51.9 Å². The summed E-state index contributed by atoms with van der Waals surface area (Å²) in [6, 6.07) is 13.4. The molecule has 4 aromatic rings. The lowest BCUT2D eigenvalue weighted by Gasteiger charge is -2.02. The molecule has 0 aliphatic rings. The van der Waals surface area contributed by atoms with Gasteiger partial charge in [0.1, 0.15) is 23.8 Å². The molecule has 2 nitrogen and oxygen atoms in total. The van der Waals surface area contributed by atoms with Crippen molar-refractivity contribution in [2.24, 2.45) is 7.05 Å². The van der Waals surface area contributed by atoms with E-state index in [9.17, 15) is 4.39 Å². The van der Waals surface area contributed by atoms with Gasteiger partial charge in [0.25, 0.3) is 0 Å². The molecule has 1 N–H and O–H groups in total. The van der Waals surface area contributed by atoms with Gasteiger partial charge in [-0.3, -0.25) is 0 Å². The van der Waals surface area contributed by atoms with Gasteiger partial charge in [0.2, 0.25) is 11.0 Å². The summed E-state index contributed by atoms with van der Waals surface area (Å²) in [6.07, 6.45) is 0. The number of para-hydroxylation sites is 1. The number of nitrogens with zero attached hydrogens (tertiary/aromatic N) is 1. The van der Waals surface area contributed by atoms with Crippen molar-refractivity contribution in [1.82, 2.24) is 4.98 Å². The summed E-state index contributed by atoms with van der Waals surface area (Å²) in [4.78, 5) is 3.35. The van der Waals surface area contributed by atoms with Crippen LogP contribution in [0.4, 0.5) is 4.39 Å². The Morgan fingerprint density at radius 1 is 1.10 bits per heavy atom. The highest BCUT2D eigenvalue weighted by Crippen LogP contribution is 2.31. The van der Waals surface area contributed by atoms with Gasteiger partial charge in [-0.05, 0) is 40.8 Å². The first-order valence-corrected chi connectivity index (χ1v) is 7.42. The number of hydrogen-bond acceptors (Lipinski definition) is 0. The molecular formula is C16H11FIN2+. The van der Waals surface area contributed by atoms with Gasteiger partial charge in [-0.15, -0.1) is 0 Å². The third kappa shape index (κ3) is 1.45. The Morgan fingerprint density at radius 3 is 2.75 bits per heavy atom. The number of aromatic amines is 1. The standard InChI is InChI=1S/C16H10FIN2/c1-20-12-8-3-2-5-9(12)14(18)15-16(20)13-10(17)6-4-7-11(13)19-15/h2-8H,1H3/p+1. The predicted molar refractivity (Wildman–Crippen MR) is 87.2 cm³/mol. The first-order valence-electron chi connectivity index (χ1n) is 6.34. The fourth-order valence-electron chi connectivity index (χ4n) is 2.89. The lowest BCUT2D eigenvalue weighted by molar-refractivity contribution is -0.616. The zero-order chi connectivity index (χ0) is 13.9. The monoisotopic (exact) mass is 377 g/mol. The molecule has 0 bridgehead atoms. The van der Waals surface area contributed by atoms with Gasteiger partial charge in [0.05, 0.1) is 14.5 Å². The SMILES string of the molecule is C[n+]1c2ccccc2c(I)c2[nH]c3cccc(F)c3c21. The van der Waals surface area contributed by atoms with E-state index in [0.29, 0.717) is 5.39 Å². The molecule has 0 atom stereocenters. The number of H-pyrrole nitrogens is 1. The fraction of sp³-hybridized carbons (Fsp3) is 0.0625. The Morgan fingerprint density at radius 2 is 1.90 bits per heavy atom. The van der Waals surface area contributed by atoms with Gasteiger partial charge in [-0.1, -0.05) is 18.2 Å². The summed E-state index contributed by atoms with van der Waals surface area (Å²) in [6.45, 7) is 0. The number of hydrogen-bond donors (Lipinski definition) is 1. The van der Waals surface area contributed by atoms with E-state index in [-0.39, 0.29) is 5.82 Å². The first kappa shape index (κ1) is 12.1. The lowest BCUT2D eigenvalue weighted by Crippen LogP contribution is -2.30. The molecule has 2 aromatic carbocycles. The maximum absolute atomic E-state index is 14.2. The van der Waals surface area contributed by atoms with E-state index in [1.165, 1.54) is 11.5 Å². The van der Waals surface area contributed by atoms with E-state index in [1.807, 2.05) is 25.2 Å². The molecule has 2 heterocycles. The summed E-state index contributed by atoms with van der Waals surface area (Å²) in [5.41, 5.74) is 3.85. The lowest BCUT2D eigenvalue weighted by atomic mass is 10.1. The van der Waals surface area contributed by atoms with E-state index in [0.717, 1.165) is 25.6 Å². The average molecular weight is 377 g/mol. The van der Waals surface area contributed by atoms with Crippen molar-refractivity contribution in [1.29, 1.82) is 0 Å². The van der Waals surface area contributed by atoms with Gasteiger partial charge in [0, 0.05) is 6.07 Å². The third-order valence-corrected chi connectivity index (χ3v) is 4.92. The Hall–Kier alpha value is -1.69. The molecule has 2 aromatic heterocycles. The van der Waals surface area contributed by atoms with Crippen LogP contribution in [0.5, 0.6) is 0 Å². The largest absolute Gasteiger partial charge is 0.348 e. The fourth-order valence-corrected chi connectivity index (χ4v) is 3.74. The maximum atomic E-state index is 14.2. The second-order valence-electron chi connectivity index (χ2n) is 4.90. The zero-order valence-corrected chi connectivity index (χ0v) is 12.9. The second kappa shape index (κ2) is 4.15. The molecule has 0 aliphatic carbocycles. The van der Waals surface area contributed by atoms with Crippen LogP contribution in [0.15, 0.2) is 42.5 Å². The third-order valence-electron chi connectivity index (χ3n) is 3.80. The molecule has 0 unspecified atom stereocenters. The van der Waals surface area contributed by atoms with E-state index in [1.54, 1.807) is 6.07 Å². The van der Waals surface area contributed by atoms with E-state index in [4.69, 9.17) is 0 Å². The summed E-state index contributed by atoms with van der Waals surface area (Å²) >= 11 is 2.33. The van der Waals surface area contributed by atoms with Gasteiger partial charge < -0.3 is 4.98 Å². The number of rotatable bonds is 0. The Labute approximate surface area is 128 Å². The van der Waals surface area contributed by atoms with Crippen LogP contribution >= 0.6 is 22.6 Å². The summed E-state index contributed by atoms with van der Waals surface area (Å²) in [7, 11) is 1.99. The topological polar surface area (TPSA) is 19.7 Å². The molecule has 0 fully saturated rings. The van der Waals surface area contributed by atoms with Gasteiger partial charge >= 0.3 is 0 Å². The Bertz CT molecular complexity index is 988. The average Bonchev–Trinajstić information content (AvgIpc) is 2.86. The van der Waals surface area contributed by atoms with E-state index < -0.39 is 0 Å². The Balaban J connectivity index is 2.40. The molecular weight excluding hydrogens is 366 g/mol. The van der Waals surface area contributed by atoms with Crippen molar-refractivity contribution in [2.75, 3.05) is 0 Å². The molecule has 0 saturated carbocycles. The van der Waals surface area contributed by atoms with Gasteiger partial charge in [-0.25, -0.2) is 4.39 Å². The molecule has 0 amide bonds. The molecule has 0 spiro atoms. The number of benzene rings is 2. The van der Waals surface area contributed by atoms with Crippen LogP contribution in [-0.2, 0) is 7.05 Å². The van der Waals surface area contributed by atoms with Crippen molar-refractivity contribution in [3.63, 3.8) is 0 Å². The smallest absolute Gasteiger partial charge is 0.242 e. The van der Waals surface area contributed by atoms with Crippen LogP contribution in [0, 0.1) is 9.39 Å². The number of aromatic nitrogens is 2. The van der Waals surface area contributed by atoms with Crippen molar-refractivity contribution in [3.8, 4) is 0 Å². The molecule has 0 radical (unpaired) electrons. The molecule has 20 heavy (non-hydrogen) atoms. The van der Waals surface area contributed by atoms with Crippen molar-refractivity contribution in [2.45, 2.75) is 0 Å². The molecule has 4 rings (SSSR count). The number of aryl methyl sites for hydroxylation is 1. The highest BCUT2D eigenvalue weighted by Gasteiger charge is 2.22. The van der Waals surface area contributed by atoms with Crippen LogP contribution < -0.4 is 4.57 Å². The highest BCUT2D eigenvalue weighted by atomic mass is 127. The van der Waals surface area contributed by atoms with Gasteiger partial charge in [0.15, 0.2) is 0 Å². The minimum absolute atomic E-state index is 0.185. The predicted octanol–water partition coefficient (Wildman–Crippen LogP) is 4.04. The molecule has 4 heteroatoms. The van der Waals surface area contributed by atoms with E-state index in [2.05, 4.69) is 44.3 Å². The van der Waals surface area contributed by atoms with Crippen LogP contribution in [-0.4, -0.2) is 4.98 Å².